The minimum absolute atomic E-state index is 0.0585. The van der Waals surface area contributed by atoms with Gasteiger partial charge in [0, 0.05) is 25.2 Å². The van der Waals surface area contributed by atoms with Crippen molar-refractivity contribution in [2.75, 3.05) is 4.72 Å². The van der Waals surface area contributed by atoms with Crippen molar-refractivity contribution in [3.63, 3.8) is 0 Å². The first-order valence-corrected chi connectivity index (χ1v) is 8.55. The van der Waals surface area contributed by atoms with Crippen LogP contribution in [0.1, 0.15) is 5.56 Å². The number of hydrogen-bond donors (Lipinski definition) is 1. The van der Waals surface area contributed by atoms with Crippen LogP contribution >= 0.6 is 0 Å². The van der Waals surface area contributed by atoms with Crippen LogP contribution in [-0.2, 0) is 17.1 Å². The summed E-state index contributed by atoms with van der Waals surface area (Å²) in [6, 6.07) is 7.94. The summed E-state index contributed by atoms with van der Waals surface area (Å²) in [5.74, 6) is -0.601. The molecule has 0 radical (unpaired) electrons. The van der Waals surface area contributed by atoms with Crippen LogP contribution in [-0.4, -0.2) is 17.9 Å². The Morgan fingerprint density at radius 3 is 2.64 bits per heavy atom. The fraction of sp³-hybridized carbons (Fsp3) is 0.133. The molecule has 2 aromatic carbocycles. The largest absolute Gasteiger partial charge is 0.419 e. The first kappa shape index (κ1) is 16.7. The number of sulfonamides is 1. The molecular formula is C15H13N3O6S. The van der Waals surface area contributed by atoms with E-state index in [9.17, 15) is 23.3 Å². The third-order valence-electron chi connectivity index (χ3n) is 3.69. The van der Waals surface area contributed by atoms with Gasteiger partial charge in [-0.15, -0.1) is 0 Å². The first-order chi connectivity index (χ1) is 11.7. The number of nitro benzene ring substituents is 1. The number of nitrogens with one attached hydrogen (secondary N) is 1. The molecule has 130 valence electrons. The molecule has 0 bridgehead atoms. The zero-order valence-corrected chi connectivity index (χ0v) is 14.0. The Morgan fingerprint density at radius 1 is 1.24 bits per heavy atom. The van der Waals surface area contributed by atoms with Gasteiger partial charge in [0.1, 0.15) is 0 Å². The van der Waals surface area contributed by atoms with E-state index in [4.69, 9.17) is 4.42 Å². The second-order valence-electron chi connectivity index (χ2n) is 5.43. The van der Waals surface area contributed by atoms with Crippen molar-refractivity contribution in [1.82, 2.24) is 4.57 Å². The van der Waals surface area contributed by atoms with Crippen molar-refractivity contribution < 1.29 is 17.8 Å². The number of rotatable bonds is 4. The second kappa shape index (κ2) is 5.74. The molecule has 0 fully saturated rings. The summed E-state index contributed by atoms with van der Waals surface area (Å²) in [7, 11) is -2.51. The monoisotopic (exact) mass is 363 g/mol. The molecule has 0 atom stereocenters. The van der Waals surface area contributed by atoms with Crippen LogP contribution in [0, 0.1) is 17.0 Å². The molecule has 0 amide bonds. The van der Waals surface area contributed by atoms with Gasteiger partial charge < -0.3 is 4.42 Å². The van der Waals surface area contributed by atoms with Gasteiger partial charge in [-0.2, -0.15) is 0 Å². The minimum atomic E-state index is -4.03. The van der Waals surface area contributed by atoms with Crippen LogP contribution in [0.5, 0.6) is 0 Å². The molecule has 1 aromatic heterocycles. The molecule has 0 aliphatic carbocycles. The van der Waals surface area contributed by atoms with Gasteiger partial charge in [0.25, 0.3) is 15.7 Å². The van der Waals surface area contributed by atoms with Crippen molar-refractivity contribution in [1.29, 1.82) is 0 Å². The molecule has 25 heavy (non-hydrogen) atoms. The summed E-state index contributed by atoms with van der Waals surface area (Å²) in [4.78, 5) is 21.7. The summed E-state index contributed by atoms with van der Waals surface area (Å²) < 4.78 is 33.8. The van der Waals surface area contributed by atoms with Gasteiger partial charge in [0.15, 0.2) is 5.58 Å². The normalized spacial score (nSPS) is 11.6. The number of non-ortho nitro benzene ring substituents is 1. The predicted octanol–water partition coefficient (Wildman–Crippen LogP) is 2.15. The van der Waals surface area contributed by atoms with E-state index in [2.05, 4.69) is 4.72 Å². The number of aromatic nitrogens is 1. The Kier molecular flexibility index (Phi) is 3.84. The lowest BCUT2D eigenvalue weighted by molar-refractivity contribution is -0.384. The van der Waals surface area contributed by atoms with E-state index in [1.54, 1.807) is 6.92 Å². The lowest BCUT2D eigenvalue weighted by atomic mass is 10.2. The average molecular weight is 363 g/mol. The molecule has 1 N–H and O–H groups in total. The van der Waals surface area contributed by atoms with Crippen LogP contribution in [0.15, 0.2) is 50.5 Å². The Labute approximate surface area is 141 Å². The number of nitrogens with zero attached hydrogens (tertiary/aromatic N) is 2. The SMILES string of the molecule is Cc1cc2c(cc1S(=O)(=O)Nc1cccc([N+](=O)[O-])c1)oc(=O)n2C. The predicted molar refractivity (Wildman–Crippen MR) is 90.1 cm³/mol. The maximum Gasteiger partial charge on any atom is 0.419 e. The third kappa shape index (κ3) is 2.98. The van der Waals surface area contributed by atoms with E-state index >= 15 is 0 Å². The van der Waals surface area contributed by atoms with Crippen molar-refractivity contribution in [2.24, 2.45) is 7.05 Å². The van der Waals surface area contributed by atoms with Gasteiger partial charge in [-0.3, -0.25) is 19.4 Å². The number of oxazole rings is 1. The molecule has 0 saturated heterocycles. The fourth-order valence-corrected chi connectivity index (χ4v) is 3.73. The molecule has 0 aliphatic heterocycles. The lowest BCUT2D eigenvalue weighted by Crippen LogP contribution is -2.14. The summed E-state index contributed by atoms with van der Waals surface area (Å²) in [5, 5.41) is 10.8. The second-order valence-corrected chi connectivity index (χ2v) is 7.08. The van der Waals surface area contributed by atoms with E-state index in [1.165, 1.54) is 41.9 Å². The fourth-order valence-electron chi connectivity index (χ4n) is 2.44. The molecule has 0 aliphatic rings. The van der Waals surface area contributed by atoms with Gasteiger partial charge in [0.2, 0.25) is 0 Å². The highest BCUT2D eigenvalue weighted by Gasteiger charge is 2.21. The molecule has 0 saturated carbocycles. The summed E-state index contributed by atoms with van der Waals surface area (Å²) in [5.41, 5.74) is 0.834. The number of fused-ring (bicyclic) bond motifs is 1. The molecule has 0 unspecified atom stereocenters. The molecule has 1 heterocycles. The van der Waals surface area contributed by atoms with Gasteiger partial charge in [-0.1, -0.05) is 6.07 Å². The van der Waals surface area contributed by atoms with E-state index < -0.39 is 20.7 Å². The number of hydrogen-bond acceptors (Lipinski definition) is 6. The van der Waals surface area contributed by atoms with Gasteiger partial charge in [-0.05, 0) is 24.6 Å². The van der Waals surface area contributed by atoms with Crippen molar-refractivity contribution in [3.05, 3.63) is 62.6 Å². The number of nitro groups is 1. The van der Waals surface area contributed by atoms with Crippen LogP contribution in [0.2, 0.25) is 0 Å². The number of aryl methyl sites for hydroxylation is 2. The molecule has 10 heteroatoms. The van der Waals surface area contributed by atoms with Crippen LogP contribution in [0.4, 0.5) is 11.4 Å². The zero-order chi connectivity index (χ0) is 18.4. The van der Waals surface area contributed by atoms with E-state index in [1.807, 2.05) is 0 Å². The van der Waals surface area contributed by atoms with Crippen molar-refractivity contribution >= 4 is 32.5 Å². The van der Waals surface area contributed by atoms with Crippen molar-refractivity contribution in [3.8, 4) is 0 Å². The Bertz CT molecular complexity index is 1160. The van der Waals surface area contributed by atoms with Crippen molar-refractivity contribution in [2.45, 2.75) is 11.8 Å². The Balaban J connectivity index is 2.07. The first-order valence-electron chi connectivity index (χ1n) is 7.06. The van der Waals surface area contributed by atoms with Crippen LogP contribution in [0.25, 0.3) is 11.1 Å². The smallest absolute Gasteiger partial charge is 0.408 e. The molecule has 3 rings (SSSR count). The van der Waals surface area contributed by atoms with Gasteiger partial charge in [-0.25, -0.2) is 13.2 Å². The maximum absolute atomic E-state index is 12.6. The standard InChI is InChI=1S/C15H13N3O6S/c1-9-6-12-13(24-15(19)17(12)2)8-14(9)25(22,23)16-10-4-3-5-11(7-10)18(20)21/h3-8,16H,1-2H3. The highest BCUT2D eigenvalue weighted by molar-refractivity contribution is 7.92. The quantitative estimate of drug-likeness (QED) is 0.559. The van der Waals surface area contributed by atoms with Crippen LogP contribution in [0.3, 0.4) is 0 Å². The highest BCUT2D eigenvalue weighted by atomic mass is 32.2. The number of benzene rings is 2. The van der Waals surface area contributed by atoms with Gasteiger partial charge in [0.05, 0.1) is 21.0 Å². The topological polar surface area (TPSA) is 124 Å². The molecular weight excluding hydrogens is 350 g/mol. The third-order valence-corrected chi connectivity index (χ3v) is 5.21. The summed E-state index contributed by atoms with van der Waals surface area (Å²) >= 11 is 0. The number of anilines is 1. The van der Waals surface area contributed by atoms with E-state index in [0.29, 0.717) is 11.1 Å². The highest BCUT2D eigenvalue weighted by Crippen LogP contribution is 2.25. The summed E-state index contributed by atoms with van der Waals surface area (Å²) in [6.07, 6.45) is 0. The molecule has 9 nitrogen and oxygen atoms in total. The lowest BCUT2D eigenvalue weighted by Gasteiger charge is -2.10. The molecule has 3 aromatic rings. The Hall–Kier alpha value is -3.14. The van der Waals surface area contributed by atoms with Crippen LogP contribution < -0.4 is 10.5 Å². The zero-order valence-electron chi connectivity index (χ0n) is 13.2. The minimum Gasteiger partial charge on any atom is -0.408 e. The molecule has 0 spiro atoms. The van der Waals surface area contributed by atoms with E-state index in [-0.39, 0.29) is 21.9 Å². The average Bonchev–Trinajstić information content (AvgIpc) is 2.81. The maximum atomic E-state index is 12.6. The van der Waals surface area contributed by atoms with E-state index in [0.717, 1.165) is 6.07 Å². The van der Waals surface area contributed by atoms with Gasteiger partial charge >= 0.3 is 5.76 Å². The summed E-state index contributed by atoms with van der Waals surface area (Å²) in [6.45, 7) is 1.58. The Morgan fingerprint density at radius 2 is 1.96 bits per heavy atom.